The third kappa shape index (κ3) is 4.85. The molecule has 4 heteroatoms. The number of halogens is 1. The van der Waals surface area contributed by atoms with Crippen molar-refractivity contribution in [3.63, 3.8) is 0 Å². The predicted octanol–water partition coefficient (Wildman–Crippen LogP) is 2.43. The van der Waals surface area contributed by atoms with E-state index < -0.39 is 0 Å². The van der Waals surface area contributed by atoms with Gasteiger partial charge in [0.05, 0.1) is 0 Å². The second-order valence-electron chi connectivity index (χ2n) is 5.00. The summed E-state index contributed by atoms with van der Waals surface area (Å²) in [5.74, 6) is 0.0191. The van der Waals surface area contributed by atoms with Crippen LogP contribution in [-0.4, -0.2) is 18.1 Å². The number of aryl methyl sites for hydroxylation is 1. The van der Waals surface area contributed by atoms with Gasteiger partial charge >= 0.3 is 0 Å². The first-order chi connectivity index (χ1) is 7.78. The van der Waals surface area contributed by atoms with Gasteiger partial charge in [-0.05, 0) is 51.5 Å². The van der Waals surface area contributed by atoms with E-state index in [0.717, 1.165) is 0 Å². The maximum Gasteiger partial charge on any atom is 0.258 e. The van der Waals surface area contributed by atoms with Crippen molar-refractivity contribution in [1.29, 1.82) is 0 Å². The first kappa shape index (κ1) is 13.5. The highest BCUT2D eigenvalue weighted by atomic mass is 19.1. The average Bonchev–Trinajstić information content (AvgIpc) is 2.13. The zero-order valence-electron chi connectivity index (χ0n) is 10.6. The van der Waals surface area contributed by atoms with E-state index in [2.05, 4.69) is 5.32 Å². The van der Waals surface area contributed by atoms with E-state index >= 15 is 0 Å². The summed E-state index contributed by atoms with van der Waals surface area (Å²) in [5, 5.41) is 2.78. The molecule has 1 aromatic carbocycles. The van der Waals surface area contributed by atoms with E-state index in [1.54, 1.807) is 6.92 Å². The van der Waals surface area contributed by atoms with Gasteiger partial charge in [-0.15, -0.1) is 0 Å². The van der Waals surface area contributed by atoms with Crippen LogP contribution in [0, 0.1) is 12.7 Å². The number of nitrogens with one attached hydrogen (secondary N) is 1. The number of hydrogen-bond donors (Lipinski definition) is 1. The Hall–Kier alpha value is -1.58. The lowest BCUT2D eigenvalue weighted by Crippen LogP contribution is -2.43. The monoisotopic (exact) mass is 239 g/mol. The molecule has 0 aliphatic heterocycles. The second kappa shape index (κ2) is 5.17. The largest absolute Gasteiger partial charge is 0.484 e. The van der Waals surface area contributed by atoms with Crippen molar-refractivity contribution in [2.45, 2.75) is 33.2 Å². The van der Waals surface area contributed by atoms with E-state index in [1.807, 2.05) is 20.8 Å². The molecule has 1 rings (SSSR count). The fourth-order valence-corrected chi connectivity index (χ4v) is 1.37. The van der Waals surface area contributed by atoms with Crippen LogP contribution >= 0.6 is 0 Å². The molecule has 1 aromatic rings. The maximum atomic E-state index is 12.8. The molecule has 1 amide bonds. The number of amides is 1. The SMILES string of the molecule is Cc1cc(F)ccc1OCC(=O)NC(C)(C)C. The van der Waals surface area contributed by atoms with Crippen LogP contribution in [0.15, 0.2) is 18.2 Å². The van der Waals surface area contributed by atoms with Crippen LogP contribution in [0.5, 0.6) is 5.75 Å². The number of hydrogen-bond acceptors (Lipinski definition) is 2. The molecular weight excluding hydrogens is 221 g/mol. The molecule has 0 fully saturated rings. The van der Waals surface area contributed by atoms with Crippen molar-refractivity contribution >= 4 is 5.91 Å². The summed E-state index contributed by atoms with van der Waals surface area (Å²) in [5.41, 5.74) is 0.395. The van der Waals surface area contributed by atoms with Crippen LogP contribution in [0.3, 0.4) is 0 Å². The Balaban J connectivity index is 2.53. The summed E-state index contributed by atoms with van der Waals surface area (Å²) in [6.07, 6.45) is 0. The maximum absolute atomic E-state index is 12.8. The summed E-state index contributed by atoms with van der Waals surface area (Å²) < 4.78 is 18.2. The Morgan fingerprint density at radius 2 is 2.06 bits per heavy atom. The molecule has 0 spiro atoms. The Morgan fingerprint density at radius 3 is 2.59 bits per heavy atom. The van der Waals surface area contributed by atoms with Crippen LogP contribution < -0.4 is 10.1 Å². The summed E-state index contributed by atoms with van der Waals surface area (Å²) in [6, 6.07) is 4.20. The Kier molecular flexibility index (Phi) is 4.10. The minimum Gasteiger partial charge on any atom is -0.484 e. The third-order valence-electron chi connectivity index (χ3n) is 2.01. The van der Waals surface area contributed by atoms with Crippen LogP contribution in [0.1, 0.15) is 26.3 Å². The predicted molar refractivity (Wildman–Crippen MR) is 64.5 cm³/mol. The molecule has 0 aromatic heterocycles. The van der Waals surface area contributed by atoms with E-state index in [-0.39, 0.29) is 23.9 Å². The van der Waals surface area contributed by atoms with Crippen molar-refractivity contribution in [3.8, 4) is 5.75 Å². The molecule has 0 aliphatic carbocycles. The van der Waals surface area contributed by atoms with Gasteiger partial charge in [0.1, 0.15) is 11.6 Å². The first-order valence-corrected chi connectivity index (χ1v) is 5.48. The average molecular weight is 239 g/mol. The molecule has 0 saturated carbocycles. The standard InChI is InChI=1S/C13H18FNO2/c1-9-7-10(14)5-6-11(9)17-8-12(16)15-13(2,3)4/h5-7H,8H2,1-4H3,(H,15,16). The van der Waals surface area contributed by atoms with Crippen LogP contribution in [0.25, 0.3) is 0 Å². The Labute approximate surface area is 101 Å². The molecule has 0 atom stereocenters. The van der Waals surface area contributed by atoms with Gasteiger partial charge in [0.2, 0.25) is 0 Å². The van der Waals surface area contributed by atoms with Gasteiger partial charge in [0, 0.05) is 5.54 Å². The van der Waals surface area contributed by atoms with E-state index in [1.165, 1.54) is 18.2 Å². The summed E-state index contributed by atoms with van der Waals surface area (Å²) in [4.78, 5) is 11.5. The van der Waals surface area contributed by atoms with E-state index in [9.17, 15) is 9.18 Å². The topological polar surface area (TPSA) is 38.3 Å². The van der Waals surface area contributed by atoms with Crippen LogP contribution in [-0.2, 0) is 4.79 Å². The van der Waals surface area contributed by atoms with Crippen LogP contribution in [0.2, 0.25) is 0 Å². The molecule has 94 valence electrons. The van der Waals surface area contributed by atoms with Crippen LogP contribution in [0.4, 0.5) is 4.39 Å². The number of ether oxygens (including phenoxy) is 1. The molecule has 3 nitrogen and oxygen atoms in total. The highest BCUT2D eigenvalue weighted by Gasteiger charge is 2.14. The van der Waals surface area contributed by atoms with Gasteiger partial charge < -0.3 is 10.1 Å². The molecule has 0 heterocycles. The quantitative estimate of drug-likeness (QED) is 0.879. The molecule has 0 unspecified atom stereocenters. The minimum absolute atomic E-state index is 0.0657. The number of carbonyl (C=O) groups is 1. The van der Waals surface area contributed by atoms with Crippen molar-refractivity contribution in [1.82, 2.24) is 5.32 Å². The lowest BCUT2D eigenvalue weighted by atomic mass is 10.1. The number of carbonyl (C=O) groups excluding carboxylic acids is 1. The molecule has 0 radical (unpaired) electrons. The van der Waals surface area contributed by atoms with Gasteiger partial charge in [-0.25, -0.2) is 4.39 Å². The summed E-state index contributed by atoms with van der Waals surface area (Å²) >= 11 is 0. The lowest BCUT2D eigenvalue weighted by Gasteiger charge is -2.20. The zero-order chi connectivity index (χ0) is 13.1. The summed E-state index contributed by atoms with van der Waals surface area (Å²) in [7, 11) is 0. The van der Waals surface area contributed by atoms with Gasteiger partial charge in [-0.2, -0.15) is 0 Å². The molecular formula is C13H18FNO2. The molecule has 1 N–H and O–H groups in total. The van der Waals surface area contributed by atoms with Crippen molar-refractivity contribution in [2.75, 3.05) is 6.61 Å². The highest BCUT2D eigenvalue weighted by Crippen LogP contribution is 2.18. The molecule has 0 aliphatic rings. The van der Waals surface area contributed by atoms with Gasteiger partial charge in [0.25, 0.3) is 5.91 Å². The normalized spacial score (nSPS) is 11.1. The van der Waals surface area contributed by atoms with Crippen molar-refractivity contribution in [2.24, 2.45) is 0 Å². The molecule has 17 heavy (non-hydrogen) atoms. The second-order valence-corrected chi connectivity index (χ2v) is 5.00. The first-order valence-electron chi connectivity index (χ1n) is 5.48. The summed E-state index contributed by atoms with van der Waals surface area (Å²) in [6.45, 7) is 7.36. The van der Waals surface area contributed by atoms with E-state index in [0.29, 0.717) is 11.3 Å². The van der Waals surface area contributed by atoms with Gasteiger partial charge in [-0.1, -0.05) is 0 Å². The minimum atomic E-state index is -0.311. The fraction of sp³-hybridized carbons (Fsp3) is 0.462. The van der Waals surface area contributed by atoms with Crippen molar-refractivity contribution < 1.29 is 13.9 Å². The highest BCUT2D eigenvalue weighted by molar-refractivity contribution is 5.78. The Morgan fingerprint density at radius 1 is 1.41 bits per heavy atom. The third-order valence-corrected chi connectivity index (χ3v) is 2.01. The number of benzene rings is 1. The van der Waals surface area contributed by atoms with Gasteiger partial charge in [-0.3, -0.25) is 4.79 Å². The molecule has 0 saturated heterocycles. The van der Waals surface area contributed by atoms with Gasteiger partial charge in [0.15, 0.2) is 6.61 Å². The smallest absolute Gasteiger partial charge is 0.258 e. The fourth-order valence-electron chi connectivity index (χ4n) is 1.37. The zero-order valence-corrected chi connectivity index (χ0v) is 10.6. The molecule has 0 bridgehead atoms. The Bertz CT molecular complexity index is 410. The lowest BCUT2D eigenvalue weighted by molar-refractivity contribution is -0.124. The number of rotatable bonds is 3. The van der Waals surface area contributed by atoms with E-state index in [4.69, 9.17) is 4.74 Å². The van der Waals surface area contributed by atoms with Crippen molar-refractivity contribution in [3.05, 3.63) is 29.6 Å².